The van der Waals surface area contributed by atoms with Gasteiger partial charge in [-0.05, 0) is 18.4 Å². The monoisotopic (exact) mass is 287 g/mol. The minimum atomic E-state index is -4.37. The lowest BCUT2D eigenvalue weighted by molar-refractivity contribution is -0.165. The van der Waals surface area contributed by atoms with Crippen molar-refractivity contribution in [2.45, 2.75) is 49.9 Å². The van der Waals surface area contributed by atoms with Crippen LogP contribution < -0.4 is 5.32 Å². The van der Waals surface area contributed by atoms with Crippen molar-refractivity contribution in [2.75, 3.05) is 6.61 Å². The van der Waals surface area contributed by atoms with E-state index in [4.69, 9.17) is 0 Å². The predicted octanol–water partition coefficient (Wildman–Crippen LogP) is 3.57. The van der Waals surface area contributed by atoms with Gasteiger partial charge in [0.1, 0.15) is 6.04 Å². The van der Waals surface area contributed by atoms with E-state index in [0.29, 0.717) is 12.8 Å². The van der Waals surface area contributed by atoms with Gasteiger partial charge in [-0.3, -0.25) is 5.32 Å². The average molecular weight is 287 g/mol. The fraction of sp³-hybridized carbons (Fsp3) is 0.600. The zero-order valence-electron chi connectivity index (χ0n) is 11.3. The number of aliphatic hydroxyl groups excluding tert-OH is 1. The molecule has 1 aromatic rings. The van der Waals surface area contributed by atoms with E-state index in [9.17, 15) is 18.3 Å². The molecule has 0 radical (unpaired) electrons. The summed E-state index contributed by atoms with van der Waals surface area (Å²) < 4.78 is 40.0. The van der Waals surface area contributed by atoms with Crippen LogP contribution in [0.1, 0.15) is 43.7 Å². The van der Waals surface area contributed by atoms with E-state index in [0.717, 1.165) is 19.3 Å². The summed E-state index contributed by atoms with van der Waals surface area (Å²) in [4.78, 5) is 0. The molecule has 0 spiro atoms. The minimum absolute atomic E-state index is 0.193. The minimum Gasteiger partial charge on any atom is -0.394 e. The van der Waals surface area contributed by atoms with Crippen molar-refractivity contribution in [1.82, 2.24) is 5.32 Å². The van der Waals surface area contributed by atoms with E-state index in [1.807, 2.05) is 0 Å². The molecule has 0 aliphatic heterocycles. The predicted molar refractivity (Wildman–Crippen MR) is 71.3 cm³/mol. The number of benzene rings is 1. The van der Waals surface area contributed by atoms with Crippen LogP contribution in [0, 0.1) is 0 Å². The van der Waals surface area contributed by atoms with E-state index in [2.05, 4.69) is 5.32 Å². The Morgan fingerprint density at radius 3 is 2.20 bits per heavy atom. The third-order valence-corrected chi connectivity index (χ3v) is 4.02. The molecule has 112 valence electrons. The second-order valence-corrected chi connectivity index (χ2v) is 5.53. The molecule has 1 atom stereocenters. The Labute approximate surface area is 117 Å². The summed E-state index contributed by atoms with van der Waals surface area (Å²) in [5.41, 5.74) is -0.618. The molecular weight excluding hydrogens is 267 g/mol. The van der Waals surface area contributed by atoms with Gasteiger partial charge in [0.25, 0.3) is 0 Å². The van der Waals surface area contributed by atoms with Crippen molar-refractivity contribution in [1.29, 1.82) is 0 Å². The Bertz CT molecular complexity index is 413. The summed E-state index contributed by atoms with van der Waals surface area (Å²) >= 11 is 0. The second-order valence-electron chi connectivity index (χ2n) is 5.53. The fourth-order valence-corrected chi connectivity index (χ4v) is 2.88. The molecule has 1 fully saturated rings. The van der Waals surface area contributed by atoms with Gasteiger partial charge in [-0.1, -0.05) is 49.6 Å². The molecule has 0 amide bonds. The van der Waals surface area contributed by atoms with Crippen LogP contribution in [0.15, 0.2) is 30.3 Å². The first kappa shape index (κ1) is 15.3. The summed E-state index contributed by atoms with van der Waals surface area (Å²) in [5, 5.41) is 12.3. The van der Waals surface area contributed by atoms with Crippen LogP contribution in [0.25, 0.3) is 0 Å². The van der Waals surface area contributed by atoms with Gasteiger partial charge < -0.3 is 5.11 Å². The summed E-state index contributed by atoms with van der Waals surface area (Å²) in [6.45, 7) is -0.258. The largest absolute Gasteiger partial charge is 0.407 e. The number of rotatable bonds is 4. The molecule has 1 unspecified atom stereocenters. The lowest BCUT2D eigenvalue weighted by Gasteiger charge is -2.40. The highest BCUT2D eigenvalue weighted by atomic mass is 19.4. The van der Waals surface area contributed by atoms with Crippen LogP contribution >= 0.6 is 0 Å². The van der Waals surface area contributed by atoms with Gasteiger partial charge in [0.15, 0.2) is 0 Å². The maximum atomic E-state index is 13.3. The Morgan fingerprint density at radius 1 is 1.10 bits per heavy atom. The summed E-state index contributed by atoms with van der Waals surface area (Å²) in [5.74, 6) is 0. The van der Waals surface area contributed by atoms with Crippen LogP contribution in [-0.2, 0) is 0 Å². The van der Waals surface area contributed by atoms with Gasteiger partial charge in [0, 0.05) is 5.54 Å². The third kappa shape index (κ3) is 3.52. The molecule has 0 bridgehead atoms. The van der Waals surface area contributed by atoms with Gasteiger partial charge in [-0.25, -0.2) is 0 Å². The number of alkyl halides is 3. The Morgan fingerprint density at radius 2 is 1.70 bits per heavy atom. The van der Waals surface area contributed by atoms with Crippen LogP contribution in [0.2, 0.25) is 0 Å². The van der Waals surface area contributed by atoms with Gasteiger partial charge >= 0.3 is 6.18 Å². The topological polar surface area (TPSA) is 32.3 Å². The van der Waals surface area contributed by atoms with Gasteiger partial charge in [-0.2, -0.15) is 13.2 Å². The molecule has 1 saturated carbocycles. The van der Waals surface area contributed by atoms with Crippen molar-refractivity contribution in [2.24, 2.45) is 0 Å². The molecule has 0 heterocycles. The highest BCUT2D eigenvalue weighted by Gasteiger charge is 2.45. The lowest BCUT2D eigenvalue weighted by atomic mass is 9.81. The molecule has 0 saturated heterocycles. The molecular formula is C15H20F3NO. The average Bonchev–Trinajstić information content (AvgIpc) is 2.45. The Balaban J connectivity index is 2.24. The maximum Gasteiger partial charge on any atom is 0.407 e. The summed E-state index contributed by atoms with van der Waals surface area (Å²) in [6.07, 6.45) is -0.474. The molecule has 1 aliphatic carbocycles. The highest BCUT2D eigenvalue weighted by molar-refractivity contribution is 5.21. The summed E-state index contributed by atoms with van der Waals surface area (Å²) in [6, 6.07) is 6.11. The fourth-order valence-electron chi connectivity index (χ4n) is 2.88. The highest BCUT2D eigenvalue weighted by Crippen LogP contribution is 2.37. The van der Waals surface area contributed by atoms with Crippen molar-refractivity contribution in [3.05, 3.63) is 35.9 Å². The summed E-state index contributed by atoms with van der Waals surface area (Å²) in [7, 11) is 0. The van der Waals surface area contributed by atoms with Crippen molar-refractivity contribution in [3.8, 4) is 0 Å². The zero-order valence-corrected chi connectivity index (χ0v) is 11.3. The van der Waals surface area contributed by atoms with E-state index in [-0.39, 0.29) is 12.2 Å². The van der Waals surface area contributed by atoms with Crippen molar-refractivity contribution in [3.63, 3.8) is 0 Å². The first-order valence-corrected chi connectivity index (χ1v) is 6.97. The maximum absolute atomic E-state index is 13.3. The second kappa shape index (κ2) is 6.14. The normalized spacial score (nSPS) is 20.6. The lowest BCUT2D eigenvalue weighted by Crippen LogP contribution is -2.54. The van der Waals surface area contributed by atoms with Crippen molar-refractivity contribution >= 4 is 0 Å². The number of halogens is 3. The first-order chi connectivity index (χ1) is 9.47. The van der Waals surface area contributed by atoms with Crippen LogP contribution in [-0.4, -0.2) is 23.4 Å². The van der Waals surface area contributed by atoms with E-state index in [1.165, 1.54) is 12.1 Å². The molecule has 1 aliphatic rings. The number of hydrogen-bond acceptors (Lipinski definition) is 2. The van der Waals surface area contributed by atoms with Crippen LogP contribution in [0.5, 0.6) is 0 Å². The molecule has 0 aromatic heterocycles. The van der Waals surface area contributed by atoms with Crippen LogP contribution in [0.4, 0.5) is 13.2 Å². The standard InChI is InChI=1S/C15H20F3NO/c16-15(17,18)13(12-7-3-1-4-8-12)19-14(11-20)9-5-2-6-10-14/h1,3-4,7-8,13,19-20H,2,5-6,9-11H2. The molecule has 2 nitrogen and oxygen atoms in total. The molecule has 5 heteroatoms. The number of hydrogen-bond donors (Lipinski definition) is 2. The third-order valence-electron chi connectivity index (χ3n) is 4.02. The molecule has 2 N–H and O–H groups in total. The van der Waals surface area contributed by atoms with Crippen molar-refractivity contribution < 1.29 is 18.3 Å². The first-order valence-electron chi connectivity index (χ1n) is 6.97. The van der Waals surface area contributed by atoms with Gasteiger partial charge in [0.2, 0.25) is 0 Å². The number of aliphatic hydroxyl groups is 1. The number of nitrogens with one attached hydrogen (secondary N) is 1. The Hall–Kier alpha value is -1.07. The van der Waals surface area contributed by atoms with Crippen LogP contribution in [0.3, 0.4) is 0 Å². The Kier molecular flexibility index (Phi) is 4.70. The molecule has 2 rings (SSSR count). The van der Waals surface area contributed by atoms with Gasteiger partial charge in [-0.15, -0.1) is 0 Å². The van der Waals surface area contributed by atoms with E-state index < -0.39 is 17.8 Å². The SMILES string of the molecule is OCC1(NC(c2ccccc2)C(F)(F)F)CCCCC1. The molecule has 20 heavy (non-hydrogen) atoms. The smallest absolute Gasteiger partial charge is 0.394 e. The van der Waals surface area contributed by atoms with E-state index >= 15 is 0 Å². The van der Waals surface area contributed by atoms with Gasteiger partial charge in [0.05, 0.1) is 6.61 Å². The van der Waals surface area contributed by atoms with E-state index in [1.54, 1.807) is 18.2 Å². The zero-order chi connectivity index (χ0) is 14.6. The molecule has 1 aromatic carbocycles. The quantitative estimate of drug-likeness (QED) is 0.887.